The van der Waals surface area contributed by atoms with Crippen LogP contribution in [0.4, 0.5) is 14.6 Å². The van der Waals surface area contributed by atoms with Gasteiger partial charge in [0, 0.05) is 32.3 Å². The van der Waals surface area contributed by atoms with Crippen LogP contribution in [0.25, 0.3) is 0 Å². The number of aromatic nitrogens is 1. The van der Waals surface area contributed by atoms with Crippen molar-refractivity contribution >= 4 is 17.6 Å². The van der Waals surface area contributed by atoms with Gasteiger partial charge in [0.05, 0.1) is 5.56 Å². The highest BCUT2D eigenvalue weighted by Crippen LogP contribution is 2.26. The second-order valence-electron chi connectivity index (χ2n) is 7.26. The molecule has 1 aromatic carbocycles. The van der Waals surface area contributed by atoms with Crippen molar-refractivity contribution in [2.75, 3.05) is 18.0 Å². The lowest BCUT2D eigenvalue weighted by molar-refractivity contribution is -0.121. The number of pyridine rings is 1. The van der Waals surface area contributed by atoms with Gasteiger partial charge in [-0.15, -0.1) is 0 Å². The summed E-state index contributed by atoms with van der Waals surface area (Å²) >= 11 is 0. The number of halogens is 2. The third-order valence-corrected chi connectivity index (χ3v) is 5.12. The molecule has 3 N–H and O–H groups in total. The van der Waals surface area contributed by atoms with Crippen LogP contribution >= 0.6 is 0 Å². The highest BCUT2D eigenvalue weighted by molar-refractivity contribution is 5.97. The highest BCUT2D eigenvalue weighted by Gasteiger charge is 2.24. The molecule has 1 aliphatic heterocycles. The Bertz CT molecular complexity index is 891. The second kappa shape index (κ2) is 9.45. The van der Waals surface area contributed by atoms with Gasteiger partial charge in [-0.05, 0) is 55.0 Å². The first-order valence-corrected chi connectivity index (χ1v) is 9.64. The molecule has 29 heavy (non-hydrogen) atoms. The number of hydrogen-bond donors (Lipinski definition) is 2. The zero-order valence-electron chi connectivity index (χ0n) is 16.0. The van der Waals surface area contributed by atoms with Crippen LogP contribution in [0.5, 0.6) is 0 Å². The second-order valence-corrected chi connectivity index (χ2v) is 7.26. The van der Waals surface area contributed by atoms with Gasteiger partial charge in [-0.2, -0.15) is 0 Å². The molecule has 2 heterocycles. The van der Waals surface area contributed by atoms with Gasteiger partial charge in [0.1, 0.15) is 5.82 Å². The third-order valence-electron chi connectivity index (χ3n) is 5.12. The summed E-state index contributed by atoms with van der Waals surface area (Å²) in [6, 6.07) is 6.92. The van der Waals surface area contributed by atoms with E-state index in [1.807, 2.05) is 4.90 Å². The Labute approximate surface area is 168 Å². The van der Waals surface area contributed by atoms with Gasteiger partial charge in [0.25, 0.3) is 5.91 Å². The molecule has 2 amide bonds. The number of primary amides is 1. The lowest BCUT2D eigenvalue weighted by Gasteiger charge is -2.34. The average Bonchev–Trinajstić information content (AvgIpc) is 2.73. The summed E-state index contributed by atoms with van der Waals surface area (Å²) in [4.78, 5) is 30.2. The van der Waals surface area contributed by atoms with Crippen LogP contribution in [-0.4, -0.2) is 29.9 Å². The zero-order valence-corrected chi connectivity index (χ0v) is 16.0. The van der Waals surface area contributed by atoms with Crippen molar-refractivity contribution in [1.82, 2.24) is 10.3 Å². The van der Waals surface area contributed by atoms with Gasteiger partial charge in [-0.25, -0.2) is 13.8 Å². The summed E-state index contributed by atoms with van der Waals surface area (Å²) in [5, 5.41) is 2.74. The number of carbonyl (C=O) groups is 2. The number of nitrogens with two attached hydrogens (primary N) is 1. The summed E-state index contributed by atoms with van der Waals surface area (Å²) in [6.07, 6.45) is 4.60. The highest BCUT2D eigenvalue weighted by atomic mass is 19.2. The fourth-order valence-electron chi connectivity index (χ4n) is 3.61. The number of nitrogens with one attached hydrogen (secondary N) is 1. The summed E-state index contributed by atoms with van der Waals surface area (Å²) in [7, 11) is 0. The van der Waals surface area contributed by atoms with Crippen molar-refractivity contribution in [2.45, 2.75) is 32.2 Å². The van der Waals surface area contributed by atoms with Crippen LogP contribution in [-0.2, 0) is 11.3 Å². The quantitative estimate of drug-likeness (QED) is 0.745. The monoisotopic (exact) mass is 402 g/mol. The molecule has 1 saturated heterocycles. The Balaban J connectivity index is 1.50. The summed E-state index contributed by atoms with van der Waals surface area (Å²) in [5.41, 5.74) is 6.36. The van der Waals surface area contributed by atoms with Gasteiger partial charge < -0.3 is 16.0 Å². The maximum Gasteiger partial charge on any atom is 0.252 e. The minimum atomic E-state index is -0.927. The molecular formula is C21H24F2N4O2. The topological polar surface area (TPSA) is 88.3 Å². The third kappa shape index (κ3) is 5.49. The van der Waals surface area contributed by atoms with E-state index < -0.39 is 17.5 Å². The summed E-state index contributed by atoms with van der Waals surface area (Å²) in [6.45, 7) is 1.65. The molecule has 0 saturated carbocycles. The molecule has 6 nitrogen and oxygen atoms in total. The van der Waals surface area contributed by atoms with Crippen LogP contribution in [0.3, 0.4) is 0 Å². The Morgan fingerprint density at radius 2 is 2.07 bits per heavy atom. The molecular weight excluding hydrogens is 378 g/mol. The molecule has 0 spiro atoms. The summed E-state index contributed by atoms with van der Waals surface area (Å²) < 4.78 is 26.2. The predicted molar refractivity (Wildman–Crippen MR) is 105 cm³/mol. The molecule has 1 fully saturated rings. The number of benzene rings is 1. The van der Waals surface area contributed by atoms with Crippen molar-refractivity contribution in [3.05, 3.63) is 59.3 Å². The molecule has 0 unspecified atom stereocenters. The van der Waals surface area contributed by atoms with E-state index in [1.54, 1.807) is 18.3 Å². The molecule has 1 aliphatic rings. The number of carbonyl (C=O) groups excluding carboxylic acids is 2. The maximum atomic E-state index is 13.2. The first kappa shape index (κ1) is 20.7. The maximum absolute atomic E-state index is 13.2. The standard InChI is InChI=1S/C21H24F2N4O2/c22-17-7-5-15(11-18(17)23)12-26-19(28)8-6-14-3-2-10-27(13-14)21-16(20(24)29)4-1-9-25-21/h1,4-5,7,9,11,14H,2-3,6,8,10,12-13H2,(H2,24,29)(H,26,28)/t14-/m1/s1. The van der Waals surface area contributed by atoms with Gasteiger partial charge in [-0.3, -0.25) is 9.59 Å². The Kier molecular flexibility index (Phi) is 6.74. The Morgan fingerprint density at radius 3 is 2.83 bits per heavy atom. The minimum absolute atomic E-state index is 0.137. The van der Waals surface area contributed by atoms with Crippen molar-refractivity contribution in [3.63, 3.8) is 0 Å². The molecule has 1 aromatic heterocycles. The first-order chi connectivity index (χ1) is 13.9. The minimum Gasteiger partial charge on any atom is -0.365 e. The van der Waals surface area contributed by atoms with Crippen LogP contribution in [0, 0.1) is 17.6 Å². The summed E-state index contributed by atoms with van der Waals surface area (Å²) in [5.74, 6) is -1.60. The molecule has 1 atom stereocenters. The van der Waals surface area contributed by atoms with Crippen LogP contribution < -0.4 is 16.0 Å². The normalized spacial score (nSPS) is 16.5. The van der Waals surface area contributed by atoms with Crippen molar-refractivity contribution < 1.29 is 18.4 Å². The van der Waals surface area contributed by atoms with E-state index in [1.165, 1.54) is 6.07 Å². The SMILES string of the molecule is NC(=O)c1cccnc1N1CCC[C@H](CCC(=O)NCc2ccc(F)c(F)c2)C1. The van der Waals surface area contributed by atoms with E-state index in [-0.39, 0.29) is 12.5 Å². The van der Waals surface area contributed by atoms with Crippen LogP contribution in [0.2, 0.25) is 0 Å². The van der Waals surface area contributed by atoms with E-state index in [2.05, 4.69) is 10.3 Å². The number of nitrogens with zero attached hydrogens (tertiary/aromatic N) is 2. The Morgan fingerprint density at radius 1 is 1.24 bits per heavy atom. The van der Waals surface area contributed by atoms with Crippen molar-refractivity contribution in [3.8, 4) is 0 Å². The Hall–Kier alpha value is -3.03. The van der Waals surface area contributed by atoms with Gasteiger partial charge in [0.2, 0.25) is 5.91 Å². The zero-order chi connectivity index (χ0) is 20.8. The van der Waals surface area contributed by atoms with Gasteiger partial charge in [-0.1, -0.05) is 6.07 Å². The van der Waals surface area contributed by atoms with Crippen LogP contribution in [0.1, 0.15) is 41.6 Å². The smallest absolute Gasteiger partial charge is 0.252 e. The average molecular weight is 402 g/mol. The largest absolute Gasteiger partial charge is 0.365 e. The number of hydrogen-bond acceptors (Lipinski definition) is 4. The van der Waals surface area contributed by atoms with E-state index in [0.29, 0.717) is 42.2 Å². The van der Waals surface area contributed by atoms with E-state index in [0.717, 1.165) is 31.5 Å². The predicted octanol–water partition coefficient (Wildman–Crippen LogP) is 2.77. The van der Waals surface area contributed by atoms with Gasteiger partial charge >= 0.3 is 0 Å². The first-order valence-electron chi connectivity index (χ1n) is 9.64. The molecule has 0 aliphatic carbocycles. The molecule has 8 heteroatoms. The van der Waals surface area contributed by atoms with Gasteiger partial charge in [0.15, 0.2) is 11.6 Å². The fourth-order valence-corrected chi connectivity index (χ4v) is 3.61. The number of anilines is 1. The molecule has 3 rings (SSSR count). The van der Waals surface area contributed by atoms with E-state index >= 15 is 0 Å². The van der Waals surface area contributed by atoms with E-state index in [4.69, 9.17) is 5.73 Å². The number of amides is 2. The molecule has 0 bridgehead atoms. The fraction of sp³-hybridized carbons (Fsp3) is 0.381. The number of piperidine rings is 1. The van der Waals surface area contributed by atoms with Crippen LogP contribution in [0.15, 0.2) is 36.5 Å². The lowest BCUT2D eigenvalue weighted by Crippen LogP contribution is -2.37. The molecule has 2 aromatic rings. The van der Waals surface area contributed by atoms with Crippen molar-refractivity contribution in [1.29, 1.82) is 0 Å². The van der Waals surface area contributed by atoms with Crippen molar-refractivity contribution in [2.24, 2.45) is 11.7 Å². The van der Waals surface area contributed by atoms with E-state index in [9.17, 15) is 18.4 Å². The number of rotatable bonds is 7. The molecule has 154 valence electrons. The lowest BCUT2D eigenvalue weighted by atomic mass is 9.93. The molecule has 0 radical (unpaired) electrons.